The van der Waals surface area contributed by atoms with Crippen molar-refractivity contribution < 1.29 is 9.13 Å². The summed E-state index contributed by atoms with van der Waals surface area (Å²) in [6.07, 6.45) is 0. The van der Waals surface area contributed by atoms with E-state index in [2.05, 4.69) is 15.1 Å². The minimum absolute atomic E-state index is 0.171. The van der Waals surface area contributed by atoms with Crippen LogP contribution in [0.5, 0.6) is 5.75 Å². The predicted octanol–water partition coefficient (Wildman–Crippen LogP) is 4.00. The van der Waals surface area contributed by atoms with E-state index in [1.165, 1.54) is 6.07 Å². The molecule has 0 radical (unpaired) electrons. The zero-order chi connectivity index (χ0) is 18.5. The summed E-state index contributed by atoms with van der Waals surface area (Å²) in [7, 11) is 1.64. The molecule has 0 atom stereocenters. The molecule has 2 aromatic carbocycles. The zero-order valence-corrected chi connectivity index (χ0v) is 16.1. The third-order valence-corrected chi connectivity index (χ3v) is 5.02. The Labute approximate surface area is 163 Å². The van der Waals surface area contributed by atoms with Gasteiger partial charge in [0.15, 0.2) is 5.11 Å². The number of ether oxygens (including phenoxy) is 1. The molecule has 0 aliphatic carbocycles. The van der Waals surface area contributed by atoms with Gasteiger partial charge in [-0.25, -0.2) is 4.39 Å². The van der Waals surface area contributed by atoms with E-state index in [4.69, 9.17) is 28.6 Å². The predicted molar refractivity (Wildman–Crippen MR) is 107 cm³/mol. The molecule has 138 valence electrons. The number of thiocarbonyl (C=S) groups is 1. The summed E-state index contributed by atoms with van der Waals surface area (Å²) in [6.45, 7) is 4.20. The van der Waals surface area contributed by atoms with Gasteiger partial charge in [-0.3, -0.25) is 4.90 Å². The Kier molecular flexibility index (Phi) is 6.29. The minimum atomic E-state index is -0.380. The lowest BCUT2D eigenvalue weighted by molar-refractivity contribution is 0.177. The van der Waals surface area contributed by atoms with Crippen molar-refractivity contribution in [2.75, 3.05) is 38.6 Å². The van der Waals surface area contributed by atoms with Crippen LogP contribution in [0.4, 0.5) is 10.1 Å². The van der Waals surface area contributed by atoms with Crippen LogP contribution >= 0.6 is 23.8 Å². The molecule has 1 heterocycles. The number of benzene rings is 2. The molecule has 3 rings (SSSR count). The number of hydrogen-bond donors (Lipinski definition) is 1. The van der Waals surface area contributed by atoms with Crippen molar-refractivity contribution in [3.8, 4) is 5.75 Å². The van der Waals surface area contributed by atoms with Crippen molar-refractivity contribution in [2.45, 2.75) is 6.54 Å². The van der Waals surface area contributed by atoms with Crippen LogP contribution in [-0.2, 0) is 6.54 Å². The van der Waals surface area contributed by atoms with Crippen LogP contribution in [0.15, 0.2) is 42.5 Å². The minimum Gasteiger partial charge on any atom is -0.497 e. The Morgan fingerprint density at radius 3 is 2.65 bits per heavy atom. The Hall–Kier alpha value is -1.89. The number of nitrogens with zero attached hydrogens (tertiary/aromatic N) is 2. The highest BCUT2D eigenvalue weighted by Gasteiger charge is 2.19. The van der Waals surface area contributed by atoms with Gasteiger partial charge in [-0.05, 0) is 42.0 Å². The number of nitrogens with one attached hydrogen (secondary N) is 1. The Morgan fingerprint density at radius 1 is 1.19 bits per heavy atom. The van der Waals surface area contributed by atoms with Crippen LogP contribution in [0.2, 0.25) is 5.02 Å². The summed E-state index contributed by atoms with van der Waals surface area (Å²) in [6, 6.07) is 12.6. The Bertz CT molecular complexity index is 781. The van der Waals surface area contributed by atoms with Crippen molar-refractivity contribution in [3.05, 3.63) is 58.9 Å². The number of halogens is 2. The van der Waals surface area contributed by atoms with Gasteiger partial charge >= 0.3 is 0 Å². The molecule has 1 saturated heterocycles. The number of rotatable bonds is 4. The van der Waals surface area contributed by atoms with Gasteiger partial charge in [0.25, 0.3) is 0 Å². The van der Waals surface area contributed by atoms with Crippen LogP contribution in [0.25, 0.3) is 0 Å². The first-order chi connectivity index (χ1) is 12.5. The van der Waals surface area contributed by atoms with Gasteiger partial charge in [0.1, 0.15) is 11.6 Å². The second-order valence-corrected chi connectivity index (χ2v) is 6.97. The van der Waals surface area contributed by atoms with E-state index in [-0.39, 0.29) is 10.8 Å². The molecule has 0 spiro atoms. The molecule has 0 unspecified atom stereocenters. The molecule has 4 nitrogen and oxygen atoms in total. The lowest BCUT2D eigenvalue weighted by Gasteiger charge is -2.36. The van der Waals surface area contributed by atoms with Crippen molar-refractivity contribution in [1.82, 2.24) is 9.80 Å². The van der Waals surface area contributed by atoms with E-state index in [9.17, 15) is 4.39 Å². The molecule has 7 heteroatoms. The maximum atomic E-state index is 13.3. The molecule has 2 aromatic rings. The third-order valence-electron chi connectivity index (χ3n) is 4.37. The van der Waals surface area contributed by atoms with E-state index in [1.807, 2.05) is 24.3 Å². The monoisotopic (exact) mass is 393 g/mol. The van der Waals surface area contributed by atoms with Crippen molar-refractivity contribution >= 4 is 34.6 Å². The number of anilines is 1. The van der Waals surface area contributed by atoms with Gasteiger partial charge in [-0.1, -0.05) is 23.7 Å². The van der Waals surface area contributed by atoms with E-state index in [0.29, 0.717) is 5.11 Å². The zero-order valence-electron chi connectivity index (χ0n) is 14.5. The Balaban J connectivity index is 1.51. The molecule has 26 heavy (non-hydrogen) atoms. The average Bonchev–Trinajstić information content (AvgIpc) is 2.65. The largest absolute Gasteiger partial charge is 0.497 e. The molecule has 1 N–H and O–H groups in total. The summed E-state index contributed by atoms with van der Waals surface area (Å²) >= 11 is 11.4. The van der Waals surface area contributed by atoms with Crippen molar-refractivity contribution in [1.29, 1.82) is 0 Å². The van der Waals surface area contributed by atoms with E-state index >= 15 is 0 Å². The number of piperazine rings is 1. The van der Waals surface area contributed by atoms with Crippen LogP contribution in [0, 0.1) is 5.82 Å². The van der Waals surface area contributed by atoms with Gasteiger partial charge in [-0.2, -0.15) is 0 Å². The second kappa shape index (κ2) is 8.66. The van der Waals surface area contributed by atoms with Crippen LogP contribution in [0.1, 0.15) is 5.56 Å². The van der Waals surface area contributed by atoms with Gasteiger partial charge in [0.05, 0.1) is 12.1 Å². The second-order valence-electron chi connectivity index (χ2n) is 6.17. The van der Waals surface area contributed by atoms with Gasteiger partial charge in [0.2, 0.25) is 0 Å². The average molecular weight is 394 g/mol. The van der Waals surface area contributed by atoms with Crippen LogP contribution < -0.4 is 10.1 Å². The summed E-state index contributed by atoms with van der Waals surface area (Å²) in [5.41, 5.74) is 1.93. The highest BCUT2D eigenvalue weighted by atomic mass is 35.5. The molecular formula is C19H21ClFN3OS. The first-order valence-corrected chi connectivity index (χ1v) is 9.20. The highest BCUT2D eigenvalue weighted by Crippen LogP contribution is 2.19. The van der Waals surface area contributed by atoms with Crippen molar-refractivity contribution in [3.63, 3.8) is 0 Å². The van der Waals surface area contributed by atoms with Crippen LogP contribution in [0.3, 0.4) is 0 Å². The van der Waals surface area contributed by atoms with Gasteiger partial charge in [0, 0.05) is 44.5 Å². The molecule has 1 aliphatic rings. The molecule has 0 saturated carbocycles. The third kappa shape index (κ3) is 4.84. The topological polar surface area (TPSA) is 27.7 Å². The molecule has 1 aliphatic heterocycles. The quantitative estimate of drug-likeness (QED) is 0.792. The highest BCUT2D eigenvalue weighted by molar-refractivity contribution is 7.80. The lowest BCUT2D eigenvalue weighted by Crippen LogP contribution is -2.49. The molecule has 1 fully saturated rings. The summed E-state index contributed by atoms with van der Waals surface area (Å²) in [5.74, 6) is 0.412. The van der Waals surface area contributed by atoms with E-state index in [0.717, 1.165) is 49.7 Å². The summed E-state index contributed by atoms with van der Waals surface area (Å²) < 4.78 is 18.5. The Morgan fingerprint density at radius 2 is 1.96 bits per heavy atom. The summed E-state index contributed by atoms with van der Waals surface area (Å²) in [4.78, 5) is 4.47. The van der Waals surface area contributed by atoms with E-state index in [1.54, 1.807) is 19.2 Å². The molecule has 0 aromatic heterocycles. The number of methoxy groups -OCH3 is 1. The fourth-order valence-corrected chi connectivity index (χ4v) is 3.41. The molecular weight excluding hydrogens is 373 g/mol. The van der Waals surface area contributed by atoms with Gasteiger partial charge in [-0.15, -0.1) is 0 Å². The SMILES string of the molecule is COc1cccc(NC(=S)N2CCN(Cc3ccc(F)c(Cl)c3)CC2)c1. The maximum absolute atomic E-state index is 13.3. The van der Waals surface area contributed by atoms with Crippen LogP contribution in [-0.4, -0.2) is 48.2 Å². The molecule has 0 bridgehead atoms. The molecule has 0 amide bonds. The maximum Gasteiger partial charge on any atom is 0.173 e. The summed E-state index contributed by atoms with van der Waals surface area (Å²) in [5, 5.41) is 4.15. The number of hydrogen-bond acceptors (Lipinski definition) is 3. The smallest absolute Gasteiger partial charge is 0.173 e. The van der Waals surface area contributed by atoms with Crippen molar-refractivity contribution in [2.24, 2.45) is 0 Å². The normalized spacial score (nSPS) is 15.0. The van der Waals surface area contributed by atoms with Gasteiger partial charge < -0.3 is 15.0 Å². The lowest BCUT2D eigenvalue weighted by atomic mass is 10.2. The first kappa shape index (κ1) is 18.9. The van der Waals surface area contributed by atoms with E-state index < -0.39 is 0 Å². The fourth-order valence-electron chi connectivity index (χ4n) is 2.91. The first-order valence-electron chi connectivity index (χ1n) is 8.41. The standard InChI is InChI=1S/C19H21ClFN3OS/c1-25-16-4-2-3-15(12-16)22-19(26)24-9-7-23(8-10-24)13-14-5-6-18(21)17(20)11-14/h2-6,11-12H,7-10,13H2,1H3,(H,22,26). The fraction of sp³-hybridized carbons (Fsp3) is 0.316.